The van der Waals surface area contributed by atoms with Crippen molar-refractivity contribution < 1.29 is 9.59 Å². The molecule has 0 aliphatic carbocycles. The third-order valence-corrected chi connectivity index (χ3v) is 4.02. The fraction of sp³-hybridized carbons (Fsp3) is 0.833. The Morgan fingerprint density at radius 2 is 2.17 bits per heavy atom. The van der Waals surface area contributed by atoms with Crippen molar-refractivity contribution in [3.8, 4) is 0 Å². The SMILES string of the molecule is CNC(=O)NC(=O)C(C)N1C[C@@H]2CCCN[C@@H]2C1. The highest BCUT2D eigenvalue weighted by Crippen LogP contribution is 2.26. The van der Waals surface area contributed by atoms with Gasteiger partial charge in [0.2, 0.25) is 5.91 Å². The van der Waals surface area contributed by atoms with Crippen LogP contribution in [0.5, 0.6) is 0 Å². The number of likely N-dealkylation sites (tertiary alicyclic amines) is 1. The number of fused-ring (bicyclic) bond motifs is 1. The van der Waals surface area contributed by atoms with Gasteiger partial charge in [0.25, 0.3) is 0 Å². The highest BCUT2D eigenvalue weighted by molar-refractivity contribution is 5.96. The Bertz CT molecular complexity index is 320. The summed E-state index contributed by atoms with van der Waals surface area (Å²) in [6.45, 7) is 4.77. The van der Waals surface area contributed by atoms with Gasteiger partial charge in [0.05, 0.1) is 6.04 Å². The summed E-state index contributed by atoms with van der Waals surface area (Å²) in [5.41, 5.74) is 0. The van der Waals surface area contributed by atoms with Crippen LogP contribution in [0.4, 0.5) is 4.79 Å². The minimum atomic E-state index is -0.443. The maximum Gasteiger partial charge on any atom is 0.321 e. The molecule has 2 aliphatic rings. The van der Waals surface area contributed by atoms with Crippen molar-refractivity contribution in [2.75, 3.05) is 26.7 Å². The number of hydrogen-bond acceptors (Lipinski definition) is 4. The molecule has 0 radical (unpaired) electrons. The number of piperidine rings is 1. The molecule has 2 heterocycles. The van der Waals surface area contributed by atoms with Gasteiger partial charge in [-0.05, 0) is 32.2 Å². The number of nitrogens with one attached hydrogen (secondary N) is 3. The van der Waals surface area contributed by atoms with Crippen molar-refractivity contribution in [2.24, 2.45) is 5.92 Å². The standard InChI is InChI=1S/C12H22N4O2/c1-8(11(17)15-12(18)13-2)16-6-9-4-3-5-14-10(9)7-16/h8-10,14H,3-7H2,1-2H3,(H2,13,15,17,18)/t8?,9-,10+/m0/s1. The minimum Gasteiger partial charge on any atom is -0.341 e. The van der Waals surface area contributed by atoms with E-state index in [1.165, 1.54) is 19.9 Å². The molecule has 2 aliphatic heterocycles. The molecule has 3 N–H and O–H groups in total. The quantitative estimate of drug-likeness (QED) is 0.622. The van der Waals surface area contributed by atoms with Crippen molar-refractivity contribution >= 4 is 11.9 Å². The van der Waals surface area contributed by atoms with E-state index in [0.717, 1.165) is 19.6 Å². The van der Waals surface area contributed by atoms with Crippen molar-refractivity contribution in [3.05, 3.63) is 0 Å². The molecule has 0 bridgehead atoms. The molecule has 0 aromatic heterocycles. The largest absolute Gasteiger partial charge is 0.341 e. The zero-order chi connectivity index (χ0) is 13.1. The van der Waals surface area contributed by atoms with Gasteiger partial charge < -0.3 is 10.6 Å². The molecule has 0 saturated carbocycles. The van der Waals surface area contributed by atoms with Crippen molar-refractivity contribution in [1.29, 1.82) is 0 Å². The molecule has 18 heavy (non-hydrogen) atoms. The van der Waals surface area contributed by atoms with Crippen LogP contribution in [0, 0.1) is 5.92 Å². The van der Waals surface area contributed by atoms with Crippen LogP contribution in [-0.2, 0) is 4.79 Å². The zero-order valence-electron chi connectivity index (χ0n) is 11.0. The van der Waals surface area contributed by atoms with Gasteiger partial charge in [0.1, 0.15) is 0 Å². The predicted molar refractivity (Wildman–Crippen MR) is 68.1 cm³/mol. The molecule has 0 aromatic rings. The van der Waals surface area contributed by atoms with Crippen molar-refractivity contribution in [2.45, 2.75) is 31.8 Å². The highest BCUT2D eigenvalue weighted by Gasteiger charge is 2.37. The maximum absolute atomic E-state index is 11.9. The summed E-state index contributed by atoms with van der Waals surface area (Å²) in [6, 6.07) is -0.190. The monoisotopic (exact) mass is 254 g/mol. The summed E-state index contributed by atoms with van der Waals surface area (Å²) in [5, 5.41) is 8.23. The second-order valence-electron chi connectivity index (χ2n) is 5.16. The van der Waals surface area contributed by atoms with E-state index in [1.54, 1.807) is 0 Å². The molecule has 1 unspecified atom stereocenters. The van der Waals surface area contributed by atoms with Crippen LogP contribution in [0.25, 0.3) is 0 Å². The third-order valence-electron chi connectivity index (χ3n) is 4.02. The Hall–Kier alpha value is -1.14. The molecule has 2 fully saturated rings. The van der Waals surface area contributed by atoms with Gasteiger partial charge in [-0.3, -0.25) is 15.0 Å². The lowest BCUT2D eigenvalue weighted by molar-refractivity contribution is -0.124. The van der Waals surface area contributed by atoms with Crippen LogP contribution in [-0.4, -0.2) is 55.6 Å². The van der Waals surface area contributed by atoms with Gasteiger partial charge in [-0.2, -0.15) is 0 Å². The molecule has 0 spiro atoms. The van der Waals surface area contributed by atoms with Crippen LogP contribution in [0.15, 0.2) is 0 Å². The van der Waals surface area contributed by atoms with Gasteiger partial charge in [0.15, 0.2) is 0 Å². The minimum absolute atomic E-state index is 0.229. The zero-order valence-corrected chi connectivity index (χ0v) is 11.0. The van der Waals surface area contributed by atoms with Gasteiger partial charge in [0, 0.05) is 26.2 Å². The average molecular weight is 254 g/mol. The molecule has 3 amide bonds. The Morgan fingerprint density at radius 1 is 1.39 bits per heavy atom. The summed E-state index contributed by atoms with van der Waals surface area (Å²) >= 11 is 0. The summed E-state index contributed by atoms with van der Waals surface area (Å²) < 4.78 is 0. The maximum atomic E-state index is 11.9. The van der Waals surface area contributed by atoms with Gasteiger partial charge in [-0.15, -0.1) is 0 Å². The van der Waals surface area contributed by atoms with E-state index in [-0.39, 0.29) is 11.9 Å². The fourth-order valence-electron chi connectivity index (χ4n) is 2.84. The van der Waals surface area contributed by atoms with E-state index < -0.39 is 6.03 Å². The molecule has 102 valence electrons. The number of carbonyl (C=O) groups excluding carboxylic acids is 2. The molecule has 3 atom stereocenters. The predicted octanol–water partition coefficient (Wildman–Crippen LogP) is -0.486. The summed E-state index contributed by atoms with van der Waals surface area (Å²) in [6.07, 6.45) is 2.45. The molecule has 2 saturated heterocycles. The van der Waals surface area contributed by atoms with E-state index in [1.807, 2.05) is 6.92 Å². The molecule has 6 nitrogen and oxygen atoms in total. The third kappa shape index (κ3) is 2.81. The Morgan fingerprint density at radius 3 is 2.83 bits per heavy atom. The smallest absolute Gasteiger partial charge is 0.321 e. The summed E-state index contributed by atoms with van der Waals surface area (Å²) in [7, 11) is 1.50. The number of carbonyl (C=O) groups is 2. The van der Waals surface area contributed by atoms with Gasteiger partial charge in [-0.1, -0.05) is 0 Å². The average Bonchev–Trinajstić information content (AvgIpc) is 2.81. The molecule has 2 rings (SSSR count). The lowest BCUT2D eigenvalue weighted by Gasteiger charge is -2.24. The van der Waals surface area contributed by atoms with Crippen molar-refractivity contribution in [1.82, 2.24) is 20.9 Å². The van der Waals surface area contributed by atoms with E-state index in [4.69, 9.17) is 0 Å². The Labute approximate surface area is 107 Å². The number of nitrogens with zero attached hydrogens (tertiary/aromatic N) is 1. The number of urea groups is 1. The fourth-order valence-corrected chi connectivity index (χ4v) is 2.84. The normalized spacial score (nSPS) is 29.4. The number of amides is 3. The van der Waals surface area contributed by atoms with Gasteiger partial charge >= 0.3 is 6.03 Å². The first kappa shape index (κ1) is 13.3. The first-order chi connectivity index (χ1) is 8.61. The lowest BCUT2D eigenvalue weighted by Crippen LogP contribution is -2.49. The number of hydrogen-bond donors (Lipinski definition) is 3. The summed E-state index contributed by atoms with van der Waals surface area (Å²) in [4.78, 5) is 25.1. The molecular formula is C12H22N4O2. The lowest BCUT2D eigenvalue weighted by atomic mass is 9.94. The first-order valence-corrected chi connectivity index (χ1v) is 6.62. The van der Waals surface area contributed by atoms with E-state index in [9.17, 15) is 9.59 Å². The van der Waals surface area contributed by atoms with E-state index in [0.29, 0.717) is 12.0 Å². The van der Waals surface area contributed by atoms with Crippen LogP contribution in [0.3, 0.4) is 0 Å². The summed E-state index contributed by atoms with van der Waals surface area (Å²) in [5.74, 6) is 0.419. The highest BCUT2D eigenvalue weighted by atomic mass is 16.2. The second kappa shape index (κ2) is 5.67. The first-order valence-electron chi connectivity index (χ1n) is 6.62. The van der Waals surface area contributed by atoms with Crippen LogP contribution >= 0.6 is 0 Å². The van der Waals surface area contributed by atoms with E-state index >= 15 is 0 Å². The number of rotatable bonds is 2. The molecule has 6 heteroatoms. The molecular weight excluding hydrogens is 232 g/mol. The van der Waals surface area contributed by atoms with Crippen LogP contribution < -0.4 is 16.0 Å². The number of imide groups is 1. The van der Waals surface area contributed by atoms with Crippen molar-refractivity contribution in [3.63, 3.8) is 0 Å². The van der Waals surface area contributed by atoms with Crippen LogP contribution in [0.2, 0.25) is 0 Å². The Balaban J connectivity index is 1.88. The van der Waals surface area contributed by atoms with E-state index in [2.05, 4.69) is 20.9 Å². The Kier molecular flexibility index (Phi) is 4.19. The van der Waals surface area contributed by atoms with Crippen LogP contribution in [0.1, 0.15) is 19.8 Å². The van der Waals surface area contributed by atoms with Gasteiger partial charge in [-0.25, -0.2) is 4.79 Å². The topological polar surface area (TPSA) is 73.5 Å². The molecule has 0 aromatic carbocycles. The second-order valence-corrected chi connectivity index (χ2v) is 5.16.